The lowest BCUT2D eigenvalue weighted by atomic mass is 10.2. The average Bonchev–Trinajstić information content (AvgIpc) is 2.28. The lowest BCUT2D eigenvalue weighted by molar-refractivity contribution is -0.135. The maximum Gasteiger partial charge on any atom is 0.322 e. The Balaban J connectivity index is 3.07. The minimum atomic E-state index is -1.16. The molecule has 0 heterocycles. The molecule has 0 aliphatic rings. The number of aliphatic carboxylic acids is 1. The van der Waals surface area contributed by atoms with Gasteiger partial charge in [0.05, 0.1) is 17.2 Å². The molecule has 17 heavy (non-hydrogen) atoms. The molecule has 0 fully saturated rings. The number of carbonyl (C=O) groups is 2. The summed E-state index contributed by atoms with van der Waals surface area (Å²) in [6.45, 7) is -0.509. The molecule has 0 unspecified atom stereocenters. The van der Waals surface area contributed by atoms with Gasteiger partial charge in [-0.25, -0.2) is 0 Å². The third-order valence-electron chi connectivity index (χ3n) is 1.89. The first-order valence-corrected chi connectivity index (χ1v) is 5.25. The van der Waals surface area contributed by atoms with Gasteiger partial charge in [0.15, 0.2) is 5.75 Å². The number of methoxy groups -OCH3 is 1. The molecule has 2 N–H and O–H groups in total. The van der Waals surface area contributed by atoms with Crippen LogP contribution in [-0.2, 0) is 4.79 Å². The highest BCUT2D eigenvalue weighted by atomic mass is 35.5. The van der Waals surface area contributed by atoms with Crippen LogP contribution in [0.15, 0.2) is 12.1 Å². The molecule has 1 amide bonds. The van der Waals surface area contributed by atoms with Crippen molar-refractivity contribution < 1.29 is 19.4 Å². The summed E-state index contributed by atoms with van der Waals surface area (Å²) >= 11 is 11.7. The monoisotopic (exact) mass is 277 g/mol. The standard InChI is InChI=1S/C10H9Cl2NO4/c1-17-9-6(12)3-2-5(11)8(9)10(16)13-4-7(14)15/h2-3H,4H2,1H3,(H,13,16)(H,14,15). The van der Waals surface area contributed by atoms with E-state index in [0.29, 0.717) is 0 Å². The molecule has 92 valence electrons. The van der Waals surface area contributed by atoms with Crippen molar-refractivity contribution in [1.29, 1.82) is 0 Å². The highest BCUT2D eigenvalue weighted by Crippen LogP contribution is 2.33. The number of amides is 1. The van der Waals surface area contributed by atoms with E-state index >= 15 is 0 Å². The Morgan fingerprint density at radius 2 is 1.94 bits per heavy atom. The number of benzene rings is 1. The first kappa shape index (κ1) is 13.6. The molecular weight excluding hydrogens is 269 g/mol. The molecule has 0 bridgehead atoms. The van der Waals surface area contributed by atoms with E-state index in [4.69, 9.17) is 33.0 Å². The van der Waals surface area contributed by atoms with E-state index in [1.807, 2.05) is 0 Å². The maximum absolute atomic E-state index is 11.7. The van der Waals surface area contributed by atoms with Gasteiger partial charge in [-0.05, 0) is 12.1 Å². The van der Waals surface area contributed by atoms with Gasteiger partial charge >= 0.3 is 5.97 Å². The molecule has 5 nitrogen and oxygen atoms in total. The Morgan fingerprint density at radius 3 is 2.47 bits per heavy atom. The summed E-state index contributed by atoms with van der Waals surface area (Å²) in [4.78, 5) is 22.0. The Bertz CT molecular complexity index is 462. The molecule has 0 aromatic heterocycles. The largest absolute Gasteiger partial charge is 0.494 e. The van der Waals surface area contributed by atoms with Crippen molar-refractivity contribution in [3.63, 3.8) is 0 Å². The van der Waals surface area contributed by atoms with Crippen LogP contribution >= 0.6 is 23.2 Å². The van der Waals surface area contributed by atoms with Crippen molar-refractivity contribution in [3.8, 4) is 5.75 Å². The van der Waals surface area contributed by atoms with Crippen LogP contribution in [0.3, 0.4) is 0 Å². The van der Waals surface area contributed by atoms with Crippen molar-refractivity contribution in [1.82, 2.24) is 5.32 Å². The van der Waals surface area contributed by atoms with Crippen LogP contribution < -0.4 is 10.1 Å². The molecule has 7 heteroatoms. The molecule has 0 spiro atoms. The molecule has 0 saturated carbocycles. The van der Waals surface area contributed by atoms with Crippen LogP contribution in [0, 0.1) is 0 Å². The van der Waals surface area contributed by atoms with E-state index in [9.17, 15) is 9.59 Å². The van der Waals surface area contributed by atoms with E-state index in [2.05, 4.69) is 5.32 Å². The number of nitrogens with one attached hydrogen (secondary N) is 1. The second kappa shape index (κ2) is 5.75. The van der Waals surface area contributed by atoms with Crippen molar-refractivity contribution in [2.75, 3.05) is 13.7 Å². The summed E-state index contributed by atoms with van der Waals surface area (Å²) in [5, 5.41) is 11.0. The Morgan fingerprint density at radius 1 is 1.35 bits per heavy atom. The smallest absolute Gasteiger partial charge is 0.322 e. The van der Waals surface area contributed by atoms with Crippen molar-refractivity contribution >= 4 is 35.1 Å². The number of halogens is 2. The number of rotatable bonds is 4. The van der Waals surface area contributed by atoms with Gasteiger partial charge in [0.2, 0.25) is 0 Å². The van der Waals surface area contributed by atoms with Crippen LogP contribution in [0.2, 0.25) is 10.0 Å². The molecule has 1 aromatic rings. The van der Waals surface area contributed by atoms with Gasteiger partial charge in [0, 0.05) is 0 Å². The summed E-state index contributed by atoms with van der Waals surface area (Å²) < 4.78 is 4.96. The Hall–Kier alpha value is -1.46. The summed E-state index contributed by atoms with van der Waals surface area (Å²) in [6, 6.07) is 2.92. The molecule has 1 aromatic carbocycles. The fraction of sp³-hybridized carbons (Fsp3) is 0.200. The predicted molar refractivity (Wildman–Crippen MR) is 63.0 cm³/mol. The van der Waals surface area contributed by atoms with E-state index < -0.39 is 18.4 Å². The molecule has 0 atom stereocenters. The molecule has 0 radical (unpaired) electrons. The van der Waals surface area contributed by atoms with E-state index in [1.54, 1.807) is 0 Å². The van der Waals surface area contributed by atoms with Crippen molar-refractivity contribution in [2.45, 2.75) is 0 Å². The Kier molecular flexibility index (Phi) is 4.60. The first-order chi connectivity index (χ1) is 7.97. The highest BCUT2D eigenvalue weighted by molar-refractivity contribution is 6.37. The van der Waals surface area contributed by atoms with Crippen LogP contribution in [0.1, 0.15) is 10.4 Å². The molecular formula is C10H9Cl2NO4. The fourth-order valence-corrected chi connectivity index (χ4v) is 1.66. The van der Waals surface area contributed by atoms with E-state index in [0.717, 1.165) is 0 Å². The highest BCUT2D eigenvalue weighted by Gasteiger charge is 2.19. The first-order valence-electron chi connectivity index (χ1n) is 4.49. The number of ether oxygens (including phenoxy) is 1. The Labute approximate surface area is 107 Å². The van der Waals surface area contributed by atoms with Gasteiger partial charge in [0.1, 0.15) is 12.1 Å². The molecule has 0 aliphatic heterocycles. The fourth-order valence-electron chi connectivity index (χ4n) is 1.19. The normalized spacial score (nSPS) is 9.82. The number of carbonyl (C=O) groups excluding carboxylic acids is 1. The van der Waals surface area contributed by atoms with Gasteiger partial charge < -0.3 is 15.2 Å². The lowest BCUT2D eigenvalue weighted by Crippen LogP contribution is -2.29. The number of carboxylic acid groups (broad SMARTS) is 1. The van der Waals surface area contributed by atoms with Gasteiger partial charge in [-0.15, -0.1) is 0 Å². The zero-order chi connectivity index (χ0) is 13.0. The van der Waals surface area contributed by atoms with E-state index in [-0.39, 0.29) is 21.4 Å². The van der Waals surface area contributed by atoms with Crippen LogP contribution in [-0.4, -0.2) is 30.6 Å². The van der Waals surface area contributed by atoms with Gasteiger partial charge in [-0.2, -0.15) is 0 Å². The summed E-state index contributed by atoms with van der Waals surface area (Å²) in [6.07, 6.45) is 0. The summed E-state index contributed by atoms with van der Waals surface area (Å²) in [5.41, 5.74) is 0.0166. The zero-order valence-corrected chi connectivity index (χ0v) is 10.3. The van der Waals surface area contributed by atoms with Gasteiger partial charge in [0.25, 0.3) is 5.91 Å². The van der Waals surface area contributed by atoms with Crippen molar-refractivity contribution in [2.24, 2.45) is 0 Å². The number of hydrogen-bond acceptors (Lipinski definition) is 3. The van der Waals surface area contributed by atoms with Crippen molar-refractivity contribution in [3.05, 3.63) is 27.7 Å². The molecule has 0 aliphatic carbocycles. The summed E-state index contributed by atoms with van der Waals surface area (Å²) in [5.74, 6) is -1.70. The second-order valence-corrected chi connectivity index (χ2v) is 3.83. The second-order valence-electron chi connectivity index (χ2n) is 3.01. The van der Waals surface area contributed by atoms with Crippen LogP contribution in [0.25, 0.3) is 0 Å². The molecule has 1 rings (SSSR count). The minimum Gasteiger partial charge on any atom is -0.494 e. The number of carboxylic acids is 1. The number of hydrogen-bond donors (Lipinski definition) is 2. The quantitative estimate of drug-likeness (QED) is 0.880. The minimum absolute atomic E-state index is 0.0166. The van der Waals surface area contributed by atoms with Gasteiger partial charge in [-0.3, -0.25) is 9.59 Å². The predicted octanol–water partition coefficient (Wildman–Crippen LogP) is 1.82. The topological polar surface area (TPSA) is 75.6 Å². The third-order valence-corrected chi connectivity index (χ3v) is 2.50. The van der Waals surface area contributed by atoms with Crippen LogP contribution in [0.5, 0.6) is 5.75 Å². The lowest BCUT2D eigenvalue weighted by Gasteiger charge is -2.11. The summed E-state index contributed by atoms with van der Waals surface area (Å²) in [7, 11) is 1.34. The molecule has 0 saturated heterocycles. The van der Waals surface area contributed by atoms with Crippen LogP contribution in [0.4, 0.5) is 0 Å². The SMILES string of the molecule is COc1c(Cl)ccc(Cl)c1C(=O)NCC(=O)O. The average molecular weight is 278 g/mol. The maximum atomic E-state index is 11.7. The van der Waals surface area contributed by atoms with Gasteiger partial charge in [-0.1, -0.05) is 23.2 Å². The zero-order valence-electron chi connectivity index (χ0n) is 8.79. The third kappa shape index (κ3) is 3.25. The van der Waals surface area contributed by atoms with E-state index in [1.165, 1.54) is 19.2 Å².